The molecule has 17 heavy (non-hydrogen) atoms. The van der Waals surface area contributed by atoms with Crippen molar-refractivity contribution in [2.75, 3.05) is 0 Å². The van der Waals surface area contributed by atoms with E-state index in [1.54, 1.807) is 24.3 Å². The van der Waals surface area contributed by atoms with Crippen molar-refractivity contribution < 1.29 is 19.4 Å². The summed E-state index contributed by atoms with van der Waals surface area (Å²) in [5.74, 6) is -1.66. The molecule has 0 saturated heterocycles. The van der Waals surface area contributed by atoms with E-state index in [4.69, 9.17) is 5.11 Å². The van der Waals surface area contributed by atoms with Crippen LogP contribution >= 0.6 is 0 Å². The Balaban J connectivity index is 2.92. The minimum atomic E-state index is -2.30. The molecule has 1 aromatic rings. The first-order valence-electron chi connectivity index (χ1n) is 5.39. The van der Waals surface area contributed by atoms with Gasteiger partial charge in [-0.3, -0.25) is 0 Å². The predicted molar refractivity (Wildman–Crippen MR) is 62.6 cm³/mol. The lowest BCUT2D eigenvalue weighted by atomic mass is 9.86. The van der Waals surface area contributed by atoms with Crippen LogP contribution in [0.4, 0.5) is 4.39 Å². The van der Waals surface area contributed by atoms with E-state index >= 15 is 0 Å². The SMILES string of the molecule is CC(C)(C)c1ccc(C(O)C(F)C(=O)O)cc1. The van der Waals surface area contributed by atoms with E-state index in [0.29, 0.717) is 0 Å². The van der Waals surface area contributed by atoms with Crippen LogP contribution in [-0.4, -0.2) is 22.4 Å². The van der Waals surface area contributed by atoms with Crippen LogP contribution in [0.25, 0.3) is 0 Å². The van der Waals surface area contributed by atoms with Gasteiger partial charge in [0.05, 0.1) is 0 Å². The van der Waals surface area contributed by atoms with Crippen LogP contribution in [-0.2, 0) is 10.2 Å². The van der Waals surface area contributed by atoms with E-state index < -0.39 is 18.2 Å². The summed E-state index contributed by atoms with van der Waals surface area (Å²) in [4.78, 5) is 10.4. The van der Waals surface area contributed by atoms with Crippen LogP contribution in [0.3, 0.4) is 0 Å². The van der Waals surface area contributed by atoms with Crippen LogP contribution in [0.15, 0.2) is 24.3 Å². The summed E-state index contributed by atoms with van der Waals surface area (Å²) in [7, 11) is 0. The van der Waals surface area contributed by atoms with Crippen molar-refractivity contribution in [3.8, 4) is 0 Å². The van der Waals surface area contributed by atoms with Gasteiger partial charge in [0.15, 0.2) is 0 Å². The number of aliphatic hydroxyl groups is 1. The highest BCUT2D eigenvalue weighted by atomic mass is 19.1. The summed E-state index contributed by atoms with van der Waals surface area (Å²) in [6, 6.07) is 6.65. The Labute approximate surface area is 99.9 Å². The Hall–Kier alpha value is -1.42. The fourth-order valence-corrected chi connectivity index (χ4v) is 1.48. The molecule has 0 aliphatic carbocycles. The number of carboxylic acids is 1. The Morgan fingerprint density at radius 1 is 1.24 bits per heavy atom. The molecule has 0 heterocycles. The van der Waals surface area contributed by atoms with Gasteiger partial charge in [-0.15, -0.1) is 0 Å². The lowest BCUT2D eigenvalue weighted by molar-refractivity contribution is -0.147. The van der Waals surface area contributed by atoms with Gasteiger partial charge in [-0.25, -0.2) is 9.18 Å². The molecule has 0 saturated carbocycles. The number of carboxylic acid groups (broad SMARTS) is 1. The molecular weight excluding hydrogens is 223 g/mol. The van der Waals surface area contributed by atoms with Gasteiger partial charge in [-0.1, -0.05) is 45.0 Å². The van der Waals surface area contributed by atoms with Gasteiger partial charge in [0.25, 0.3) is 0 Å². The molecule has 0 radical (unpaired) electrons. The van der Waals surface area contributed by atoms with Crippen LogP contribution < -0.4 is 0 Å². The second-order valence-electron chi connectivity index (χ2n) is 5.06. The van der Waals surface area contributed by atoms with Crippen molar-refractivity contribution >= 4 is 5.97 Å². The zero-order valence-corrected chi connectivity index (χ0v) is 10.1. The molecule has 2 unspecified atom stereocenters. The first-order chi connectivity index (χ1) is 7.73. The molecule has 2 atom stereocenters. The number of benzene rings is 1. The average molecular weight is 240 g/mol. The van der Waals surface area contributed by atoms with E-state index in [9.17, 15) is 14.3 Å². The highest BCUT2D eigenvalue weighted by Gasteiger charge is 2.27. The molecule has 1 rings (SSSR count). The zero-order valence-electron chi connectivity index (χ0n) is 10.1. The van der Waals surface area contributed by atoms with Gasteiger partial charge in [-0.05, 0) is 16.5 Å². The van der Waals surface area contributed by atoms with E-state index in [1.807, 2.05) is 20.8 Å². The maximum absolute atomic E-state index is 13.1. The van der Waals surface area contributed by atoms with Gasteiger partial charge < -0.3 is 10.2 Å². The summed E-state index contributed by atoms with van der Waals surface area (Å²) in [6.07, 6.45) is -3.92. The lowest BCUT2D eigenvalue weighted by Gasteiger charge is -2.20. The largest absolute Gasteiger partial charge is 0.479 e. The number of carbonyl (C=O) groups is 1. The molecule has 4 heteroatoms. The third-order valence-electron chi connectivity index (χ3n) is 2.63. The van der Waals surface area contributed by atoms with Gasteiger partial charge in [0.2, 0.25) is 6.17 Å². The topological polar surface area (TPSA) is 57.5 Å². The first-order valence-corrected chi connectivity index (χ1v) is 5.39. The second kappa shape index (κ2) is 4.84. The van der Waals surface area contributed by atoms with E-state index in [1.165, 1.54) is 0 Å². The van der Waals surface area contributed by atoms with Crippen molar-refractivity contribution in [3.63, 3.8) is 0 Å². The van der Waals surface area contributed by atoms with Crippen molar-refractivity contribution in [1.29, 1.82) is 0 Å². The van der Waals surface area contributed by atoms with Crippen LogP contribution in [0, 0.1) is 0 Å². The molecule has 2 N–H and O–H groups in total. The van der Waals surface area contributed by atoms with E-state index in [2.05, 4.69) is 0 Å². The minimum Gasteiger partial charge on any atom is -0.479 e. The van der Waals surface area contributed by atoms with Gasteiger partial charge >= 0.3 is 5.97 Å². The number of rotatable bonds is 3. The van der Waals surface area contributed by atoms with Gasteiger partial charge in [-0.2, -0.15) is 0 Å². The summed E-state index contributed by atoms with van der Waals surface area (Å²) in [5, 5.41) is 18.0. The van der Waals surface area contributed by atoms with Crippen molar-refractivity contribution in [3.05, 3.63) is 35.4 Å². The Morgan fingerprint density at radius 2 is 1.71 bits per heavy atom. The number of hydrogen-bond donors (Lipinski definition) is 2. The number of alkyl halides is 1. The number of hydrogen-bond acceptors (Lipinski definition) is 2. The molecule has 0 aliphatic heterocycles. The summed E-state index contributed by atoms with van der Waals surface area (Å²) < 4.78 is 13.1. The van der Waals surface area contributed by atoms with Crippen molar-refractivity contribution in [1.82, 2.24) is 0 Å². The highest BCUT2D eigenvalue weighted by molar-refractivity contribution is 5.73. The monoisotopic (exact) mass is 240 g/mol. The van der Waals surface area contributed by atoms with Crippen molar-refractivity contribution in [2.24, 2.45) is 0 Å². The molecule has 0 spiro atoms. The minimum absolute atomic E-state index is 0.0363. The summed E-state index contributed by atoms with van der Waals surface area (Å²) >= 11 is 0. The van der Waals surface area contributed by atoms with Crippen LogP contribution in [0.2, 0.25) is 0 Å². The number of aliphatic carboxylic acids is 1. The van der Waals surface area contributed by atoms with Crippen LogP contribution in [0.1, 0.15) is 38.0 Å². The third-order valence-corrected chi connectivity index (χ3v) is 2.63. The normalized spacial score (nSPS) is 15.4. The van der Waals surface area contributed by atoms with Gasteiger partial charge in [0, 0.05) is 0 Å². The maximum Gasteiger partial charge on any atom is 0.341 e. The Morgan fingerprint density at radius 3 is 2.06 bits per heavy atom. The van der Waals surface area contributed by atoms with Gasteiger partial charge in [0.1, 0.15) is 6.10 Å². The second-order valence-corrected chi connectivity index (χ2v) is 5.06. The quantitative estimate of drug-likeness (QED) is 0.853. The predicted octanol–water partition coefficient (Wildman–Crippen LogP) is 2.44. The zero-order chi connectivity index (χ0) is 13.2. The fraction of sp³-hybridized carbons (Fsp3) is 0.462. The number of halogens is 1. The molecule has 0 bridgehead atoms. The lowest BCUT2D eigenvalue weighted by Crippen LogP contribution is -2.23. The third kappa shape index (κ3) is 3.27. The standard InChI is InChI=1S/C13H17FO3/c1-13(2,3)9-6-4-8(5-7-9)11(15)10(14)12(16)17/h4-7,10-11,15H,1-3H3,(H,16,17). The van der Waals surface area contributed by atoms with E-state index in [0.717, 1.165) is 5.56 Å². The summed E-state index contributed by atoms with van der Waals surface area (Å²) in [5.41, 5.74) is 1.28. The smallest absolute Gasteiger partial charge is 0.341 e. The molecule has 1 aromatic carbocycles. The molecular formula is C13H17FO3. The molecule has 0 amide bonds. The Bertz CT molecular complexity index is 392. The Kier molecular flexibility index (Phi) is 3.88. The molecule has 94 valence electrons. The molecule has 0 aromatic heterocycles. The maximum atomic E-state index is 13.1. The average Bonchev–Trinajstić information content (AvgIpc) is 2.26. The highest BCUT2D eigenvalue weighted by Crippen LogP contribution is 2.25. The van der Waals surface area contributed by atoms with Crippen LogP contribution in [0.5, 0.6) is 0 Å². The molecule has 3 nitrogen and oxygen atoms in total. The summed E-state index contributed by atoms with van der Waals surface area (Å²) in [6.45, 7) is 6.11. The first kappa shape index (κ1) is 13.6. The molecule has 0 fully saturated rings. The van der Waals surface area contributed by atoms with E-state index in [-0.39, 0.29) is 11.0 Å². The molecule has 0 aliphatic rings. The van der Waals surface area contributed by atoms with Crippen molar-refractivity contribution in [2.45, 2.75) is 38.5 Å². The fourth-order valence-electron chi connectivity index (χ4n) is 1.48. The number of aliphatic hydroxyl groups excluding tert-OH is 1.